The topological polar surface area (TPSA) is 42.0 Å². The second kappa shape index (κ2) is 4.84. The molecule has 0 bridgehead atoms. The number of hydrogen-bond donors (Lipinski definition) is 1. The predicted octanol–water partition coefficient (Wildman–Crippen LogP) is 2.16. The van der Waals surface area contributed by atoms with E-state index in [-0.39, 0.29) is 5.25 Å². The lowest BCUT2D eigenvalue weighted by molar-refractivity contribution is 0.519. The minimum atomic E-state index is -0.935. The number of nitrogens with one attached hydrogen (secondary N) is 1. The highest BCUT2D eigenvalue weighted by atomic mass is 32.2. The number of para-hydroxylation sites is 1. The summed E-state index contributed by atoms with van der Waals surface area (Å²) in [6.07, 6.45) is 1.98. The Morgan fingerprint density at radius 1 is 1.29 bits per heavy atom. The zero-order chi connectivity index (χ0) is 11.7. The minimum absolute atomic E-state index is 0.275. The van der Waals surface area contributed by atoms with Crippen LogP contribution in [0.25, 0.3) is 10.2 Å². The summed E-state index contributed by atoms with van der Waals surface area (Å²) in [7, 11) is -0.935. The van der Waals surface area contributed by atoms with Gasteiger partial charge in [0.2, 0.25) is 0 Å². The van der Waals surface area contributed by atoms with Gasteiger partial charge in [-0.2, -0.15) is 0 Å². The molecule has 0 unspecified atom stereocenters. The van der Waals surface area contributed by atoms with Gasteiger partial charge in [-0.1, -0.05) is 12.1 Å². The first-order chi connectivity index (χ1) is 8.34. The zero-order valence-corrected chi connectivity index (χ0v) is 11.0. The molecule has 1 fully saturated rings. The van der Waals surface area contributed by atoms with Crippen molar-refractivity contribution in [3.05, 3.63) is 24.3 Å². The van der Waals surface area contributed by atoms with Crippen LogP contribution in [0.4, 0.5) is 0 Å². The average molecular weight is 266 g/mol. The summed E-state index contributed by atoms with van der Waals surface area (Å²) in [6, 6.07) is 7.99. The highest BCUT2D eigenvalue weighted by Gasteiger charge is 2.23. The molecule has 2 aromatic rings. The summed E-state index contributed by atoms with van der Waals surface area (Å²) < 4.78 is 14.3. The van der Waals surface area contributed by atoms with Gasteiger partial charge in [0.25, 0.3) is 0 Å². The Kier molecular flexibility index (Phi) is 3.22. The lowest BCUT2D eigenvalue weighted by Crippen LogP contribution is -2.33. The Morgan fingerprint density at radius 2 is 2.06 bits per heavy atom. The van der Waals surface area contributed by atoms with Gasteiger partial charge in [-0.15, -0.1) is 11.3 Å². The minimum Gasteiger partial charge on any atom is -0.317 e. The Balaban J connectivity index is 1.89. The second-order valence-corrected chi connectivity index (χ2v) is 7.13. The normalized spacial score (nSPS) is 19.5. The number of thiazole rings is 1. The molecule has 1 aromatic carbocycles. The summed E-state index contributed by atoms with van der Waals surface area (Å²) in [5, 5.41) is 3.57. The third-order valence-corrected chi connectivity index (χ3v) is 6.12. The largest absolute Gasteiger partial charge is 0.317 e. The Hall–Kier alpha value is -0.780. The van der Waals surface area contributed by atoms with E-state index in [1.807, 2.05) is 24.3 Å². The average Bonchev–Trinajstić information content (AvgIpc) is 2.82. The van der Waals surface area contributed by atoms with Crippen molar-refractivity contribution in [3.63, 3.8) is 0 Å². The van der Waals surface area contributed by atoms with E-state index in [0.717, 1.165) is 40.5 Å². The van der Waals surface area contributed by atoms with Crippen LogP contribution in [0.15, 0.2) is 28.6 Å². The molecule has 1 aromatic heterocycles. The van der Waals surface area contributed by atoms with Crippen LogP contribution in [0.2, 0.25) is 0 Å². The molecule has 1 atom stereocenters. The van der Waals surface area contributed by atoms with E-state index in [2.05, 4.69) is 10.3 Å². The number of benzene rings is 1. The van der Waals surface area contributed by atoms with Crippen LogP contribution in [0, 0.1) is 0 Å². The monoisotopic (exact) mass is 266 g/mol. The van der Waals surface area contributed by atoms with Crippen LogP contribution in [0.5, 0.6) is 0 Å². The fourth-order valence-corrected chi connectivity index (χ4v) is 4.93. The van der Waals surface area contributed by atoms with Crippen molar-refractivity contribution >= 4 is 32.4 Å². The van der Waals surface area contributed by atoms with Gasteiger partial charge >= 0.3 is 0 Å². The first-order valence-corrected chi connectivity index (χ1v) is 7.84. The van der Waals surface area contributed by atoms with Crippen molar-refractivity contribution in [1.82, 2.24) is 10.3 Å². The highest BCUT2D eigenvalue weighted by molar-refractivity contribution is 7.88. The number of nitrogens with zero attached hydrogens (tertiary/aromatic N) is 1. The molecule has 1 saturated heterocycles. The summed E-state index contributed by atoms with van der Waals surface area (Å²) >= 11 is 1.57. The molecule has 0 spiro atoms. The molecule has 0 amide bonds. The zero-order valence-electron chi connectivity index (χ0n) is 9.39. The first-order valence-electron chi connectivity index (χ1n) is 5.81. The molecule has 0 radical (unpaired) electrons. The van der Waals surface area contributed by atoms with Crippen molar-refractivity contribution in [3.8, 4) is 0 Å². The summed E-state index contributed by atoms with van der Waals surface area (Å²) in [5.41, 5.74) is 0.967. The maximum absolute atomic E-state index is 12.4. The van der Waals surface area contributed by atoms with Crippen molar-refractivity contribution in [2.45, 2.75) is 22.4 Å². The van der Waals surface area contributed by atoms with Crippen molar-refractivity contribution in [2.24, 2.45) is 0 Å². The molecule has 0 saturated carbocycles. The van der Waals surface area contributed by atoms with Gasteiger partial charge in [0.05, 0.1) is 21.0 Å². The van der Waals surface area contributed by atoms with E-state index in [1.165, 1.54) is 0 Å². The van der Waals surface area contributed by atoms with Gasteiger partial charge in [-0.25, -0.2) is 4.98 Å². The standard InChI is InChI=1S/C12H14N2OS2/c15-17(9-5-7-13-8-6-9)12-14-10-3-1-2-4-11(10)16-12/h1-4,9,13H,5-8H2/t17-/m1/s1. The Morgan fingerprint density at radius 3 is 2.82 bits per heavy atom. The predicted molar refractivity (Wildman–Crippen MR) is 71.9 cm³/mol. The third kappa shape index (κ3) is 2.27. The maximum Gasteiger partial charge on any atom is 0.182 e. The van der Waals surface area contributed by atoms with Crippen LogP contribution in [0.1, 0.15) is 12.8 Å². The number of piperidine rings is 1. The number of rotatable bonds is 2. The molecular weight excluding hydrogens is 252 g/mol. The van der Waals surface area contributed by atoms with Gasteiger partial charge < -0.3 is 5.32 Å². The van der Waals surface area contributed by atoms with Gasteiger partial charge in [0.1, 0.15) is 0 Å². The van der Waals surface area contributed by atoms with Crippen LogP contribution >= 0.6 is 11.3 Å². The molecule has 0 aliphatic carbocycles. The Bertz CT molecular complexity index is 513. The van der Waals surface area contributed by atoms with E-state index in [1.54, 1.807) is 11.3 Å². The molecule has 90 valence electrons. The van der Waals surface area contributed by atoms with Gasteiger partial charge in [0.15, 0.2) is 4.34 Å². The number of hydrogen-bond acceptors (Lipinski definition) is 4. The SMILES string of the molecule is O=[S@@](c1nc2ccccc2s1)C1CCNCC1. The van der Waals surface area contributed by atoms with Crippen LogP contribution in [0.3, 0.4) is 0 Å². The van der Waals surface area contributed by atoms with Crippen molar-refractivity contribution in [1.29, 1.82) is 0 Å². The van der Waals surface area contributed by atoms with Crippen LogP contribution in [-0.4, -0.2) is 27.5 Å². The number of fused-ring (bicyclic) bond motifs is 1. The lowest BCUT2D eigenvalue weighted by atomic mass is 10.2. The molecule has 1 aliphatic heterocycles. The third-order valence-electron chi connectivity index (χ3n) is 3.04. The summed E-state index contributed by atoms with van der Waals surface area (Å²) in [4.78, 5) is 4.49. The smallest absolute Gasteiger partial charge is 0.182 e. The molecule has 5 heteroatoms. The van der Waals surface area contributed by atoms with Crippen LogP contribution in [-0.2, 0) is 10.8 Å². The van der Waals surface area contributed by atoms with Gasteiger partial charge in [-0.3, -0.25) is 4.21 Å². The van der Waals surface area contributed by atoms with E-state index in [0.29, 0.717) is 0 Å². The van der Waals surface area contributed by atoms with E-state index in [9.17, 15) is 4.21 Å². The maximum atomic E-state index is 12.4. The molecule has 1 aliphatic rings. The van der Waals surface area contributed by atoms with Crippen LogP contribution < -0.4 is 5.32 Å². The van der Waals surface area contributed by atoms with E-state index < -0.39 is 10.8 Å². The quantitative estimate of drug-likeness (QED) is 0.905. The molecule has 3 rings (SSSR count). The fourth-order valence-electron chi connectivity index (χ4n) is 2.09. The second-order valence-electron chi connectivity index (χ2n) is 4.19. The molecule has 3 nitrogen and oxygen atoms in total. The molecule has 17 heavy (non-hydrogen) atoms. The highest BCUT2D eigenvalue weighted by Crippen LogP contribution is 2.27. The molecule has 1 N–H and O–H groups in total. The van der Waals surface area contributed by atoms with E-state index >= 15 is 0 Å². The molecule has 2 heterocycles. The summed E-state index contributed by atoms with van der Waals surface area (Å²) in [5.74, 6) is 0. The van der Waals surface area contributed by atoms with Gasteiger partial charge in [0, 0.05) is 5.25 Å². The molecular formula is C12H14N2OS2. The fraction of sp³-hybridized carbons (Fsp3) is 0.417. The lowest BCUT2D eigenvalue weighted by Gasteiger charge is -2.20. The van der Waals surface area contributed by atoms with E-state index in [4.69, 9.17) is 0 Å². The van der Waals surface area contributed by atoms with Crippen molar-refractivity contribution < 1.29 is 4.21 Å². The Labute approximate surface area is 107 Å². The van der Waals surface area contributed by atoms with Crippen molar-refractivity contribution in [2.75, 3.05) is 13.1 Å². The number of aromatic nitrogens is 1. The van der Waals surface area contributed by atoms with Gasteiger partial charge in [-0.05, 0) is 38.1 Å². The summed E-state index contributed by atoms with van der Waals surface area (Å²) in [6.45, 7) is 1.95. The first kappa shape index (κ1) is 11.3.